The lowest BCUT2D eigenvalue weighted by Gasteiger charge is -2.02. The van der Waals surface area contributed by atoms with Crippen molar-refractivity contribution in [3.8, 4) is 0 Å². The lowest BCUT2D eigenvalue weighted by molar-refractivity contribution is 0.112. The van der Waals surface area contributed by atoms with Crippen molar-refractivity contribution in [3.63, 3.8) is 0 Å². The number of halogens is 1. The molecule has 2 heterocycles. The van der Waals surface area contributed by atoms with Crippen LogP contribution in [0.1, 0.15) is 21.7 Å². The zero-order valence-corrected chi connectivity index (χ0v) is 10.1. The highest BCUT2D eigenvalue weighted by Gasteiger charge is 2.06. The summed E-state index contributed by atoms with van der Waals surface area (Å²) in [5.41, 5.74) is 2.34. The summed E-state index contributed by atoms with van der Waals surface area (Å²) in [6.07, 6.45) is 4.87. The summed E-state index contributed by atoms with van der Waals surface area (Å²) in [7, 11) is 0. The SMILES string of the molecule is O=Cc1ccn2c(Cc3cccc(F)c3)ncc2c1. The van der Waals surface area contributed by atoms with Crippen LogP contribution in [-0.2, 0) is 6.42 Å². The first-order valence-electron chi connectivity index (χ1n) is 5.92. The van der Waals surface area contributed by atoms with Gasteiger partial charge in [-0.1, -0.05) is 12.1 Å². The number of hydrogen-bond donors (Lipinski definition) is 0. The Morgan fingerprint density at radius 3 is 2.95 bits per heavy atom. The number of pyridine rings is 1. The number of rotatable bonds is 3. The molecule has 3 nitrogen and oxygen atoms in total. The zero-order chi connectivity index (χ0) is 13.2. The van der Waals surface area contributed by atoms with Gasteiger partial charge in [-0.05, 0) is 29.8 Å². The second-order valence-corrected chi connectivity index (χ2v) is 4.35. The summed E-state index contributed by atoms with van der Waals surface area (Å²) in [4.78, 5) is 15.0. The van der Waals surface area contributed by atoms with Gasteiger partial charge >= 0.3 is 0 Å². The summed E-state index contributed by atoms with van der Waals surface area (Å²) >= 11 is 0. The molecular formula is C15H11FN2O. The molecule has 0 unspecified atom stereocenters. The number of aldehydes is 1. The Labute approximate surface area is 109 Å². The molecule has 0 fully saturated rings. The number of benzene rings is 1. The molecule has 3 aromatic rings. The van der Waals surface area contributed by atoms with Crippen molar-refractivity contribution in [2.24, 2.45) is 0 Å². The molecule has 94 valence electrons. The quantitative estimate of drug-likeness (QED) is 0.673. The van der Waals surface area contributed by atoms with Crippen LogP contribution in [-0.4, -0.2) is 15.7 Å². The third-order valence-corrected chi connectivity index (χ3v) is 3.02. The van der Waals surface area contributed by atoms with Crippen LogP contribution in [0.15, 0.2) is 48.8 Å². The van der Waals surface area contributed by atoms with Crippen molar-refractivity contribution >= 4 is 11.8 Å². The lowest BCUT2D eigenvalue weighted by atomic mass is 10.1. The van der Waals surface area contributed by atoms with Crippen molar-refractivity contribution in [1.82, 2.24) is 9.38 Å². The van der Waals surface area contributed by atoms with Gasteiger partial charge in [0.15, 0.2) is 0 Å². The van der Waals surface area contributed by atoms with E-state index < -0.39 is 0 Å². The van der Waals surface area contributed by atoms with Crippen LogP contribution in [0.3, 0.4) is 0 Å². The summed E-state index contributed by atoms with van der Waals surface area (Å²) in [5.74, 6) is 0.569. The number of carbonyl (C=O) groups is 1. The van der Waals surface area contributed by atoms with Crippen LogP contribution in [0.4, 0.5) is 4.39 Å². The molecule has 0 aliphatic heterocycles. The van der Waals surface area contributed by atoms with Gasteiger partial charge in [0, 0.05) is 18.2 Å². The van der Waals surface area contributed by atoms with E-state index in [1.54, 1.807) is 30.6 Å². The first kappa shape index (κ1) is 11.6. The molecule has 0 bridgehead atoms. The normalized spacial score (nSPS) is 10.8. The van der Waals surface area contributed by atoms with Gasteiger partial charge in [-0.25, -0.2) is 9.37 Å². The predicted octanol–water partition coefficient (Wildman–Crippen LogP) is 2.88. The topological polar surface area (TPSA) is 34.4 Å². The highest BCUT2D eigenvalue weighted by Crippen LogP contribution is 2.13. The van der Waals surface area contributed by atoms with Gasteiger partial charge in [0.2, 0.25) is 0 Å². The fourth-order valence-corrected chi connectivity index (χ4v) is 2.11. The molecule has 4 heteroatoms. The van der Waals surface area contributed by atoms with Crippen molar-refractivity contribution in [2.45, 2.75) is 6.42 Å². The highest BCUT2D eigenvalue weighted by molar-refractivity contribution is 5.77. The summed E-state index contributed by atoms with van der Waals surface area (Å²) in [6, 6.07) is 9.98. The van der Waals surface area contributed by atoms with Crippen LogP contribution >= 0.6 is 0 Å². The molecule has 19 heavy (non-hydrogen) atoms. The Hall–Kier alpha value is -2.49. The first-order valence-corrected chi connectivity index (χ1v) is 5.92. The van der Waals surface area contributed by atoms with E-state index in [0.29, 0.717) is 12.0 Å². The standard InChI is InChI=1S/C15H11FN2O/c16-13-3-1-2-11(6-13)8-15-17-9-14-7-12(10-19)4-5-18(14)15/h1-7,9-10H,8H2. The Bertz CT molecular complexity index is 749. The first-order chi connectivity index (χ1) is 9.26. The van der Waals surface area contributed by atoms with E-state index in [2.05, 4.69) is 4.98 Å². The molecule has 0 radical (unpaired) electrons. The van der Waals surface area contributed by atoms with Gasteiger partial charge in [0.05, 0.1) is 11.7 Å². The zero-order valence-electron chi connectivity index (χ0n) is 10.1. The van der Waals surface area contributed by atoms with Gasteiger partial charge in [0.25, 0.3) is 0 Å². The third kappa shape index (κ3) is 2.25. The molecule has 0 aliphatic rings. The molecule has 1 aromatic carbocycles. The Balaban J connectivity index is 1.99. The maximum Gasteiger partial charge on any atom is 0.150 e. The average Bonchev–Trinajstić information content (AvgIpc) is 2.81. The summed E-state index contributed by atoms with van der Waals surface area (Å²) in [6.45, 7) is 0. The van der Waals surface area contributed by atoms with Gasteiger partial charge in [-0.15, -0.1) is 0 Å². The molecule has 0 spiro atoms. The minimum Gasteiger partial charge on any atom is -0.303 e. The number of fused-ring (bicyclic) bond motifs is 1. The van der Waals surface area contributed by atoms with Crippen LogP contribution in [0.2, 0.25) is 0 Å². The van der Waals surface area contributed by atoms with E-state index in [-0.39, 0.29) is 5.82 Å². The number of hydrogen-bond acceptors (Lipinski definition) is 2. The van der Waals surface area contributed by atoms with Gasteiger partial charge < -0.3 is 4.40 Å². The molecule has 0 saturated carbocycles. The Morgan fingerprint density at radius 2 is 2.16 bits per heavy atom. The summed E-state index contributed by atoms with van der Waals surface area (Å²) in [5, 5.41) is 0. The smallest absolute Gasteiger partial charge is 0.150 e. The van der Waals surface area contributed by atoms with Crippen molar-refractivity contribution in [1.29, 1.82) is 0 Å². The van der Waals surface area contributed by atoms with E-state index in [4.69, 9.17) is 0 Å². The van der Waals surface area contributed by atoms with Gasteiger partial charge in [0.1, 0.15) is 17.9 Å². The Kier molecular flexibility index (Phi) is 2.83. The van der Waals surface area contributed by atoms with Crippen LogP contribution in [0.5, 0.6) is 0 Å². The second-order valence-electron chi connectivity index (χ2n) is 4.35. The van der Waals surface area contributed by atoms with Crippen molar-refractivity contribution in [2.75, 3.05) is 0 Å². The molecule has 0 amide bonds. The van der Waals surface area contributed by atoms with Crippen molar-refractivity contribution in [3.05, 3.63) is 71.6 Å². The number of nitrogens with zero attached hydrogens (tertiary/aromatic N) is 2. The van der Waals surface area contributed by atoms with E-state index in [0.717, 1.165) is 23.2 Å². The van der Waals surface area contributed by atoms with Gasteiger partial charge in [-0.2, -0.15) is 0 Å². The van der Waals surface area contributed by atoms with E-state index >= 15 is 0 Å². The molecular weight excluding hydrogens is 243 g/mol. The monoisotopic (exact) mass is 254 g/mol. The lowest BCUT2D eigenvalue weighted by Crippen LogP contribution is -1.97. The van der Waals surface area contributed by atoms with E-state index in [1.165, 1.54) is 12.1 Å². The highest BCUT2D eigenvalue weighted by atomic mass is 19.1. The second kappa shape index (κ2) is 4.65. The number of carbonyl (C=O) groups excluding carboxylic acids is 1. The molecule has 0 N–H and O–H groups in total. The molecule has 0 aliphatic carbocycles. The average molecular weight is 254 g/mol. The van der Waals surface area contributed by atoms with Crippen LogP contribution in [0.25, 0.3) is 5.52 Å². The van der Waals surface area contributed by atoms with Gasteiger partial charge in [-0.3, -0.25) is 4.79 Å². The molecule has 3 rings (SSSR count). The molecule has 0 saturated heterocycles. The summed E-state index contributed by atoms with van der Waals surface area (Å²) < 4.78 is 15.0. The number of aromatic nitrogens is 2. The minimum atomic E-state index is -0.249. The fourth-order valence-electron chi connectivity index (χ4n) is 2.11. The molecule has 2 aromatic heterocycles. The minimum absolute atomic E-state index is 0.249. The maximum absolute atomic E-state index is 13.1. The maximum atomic E-state index is 13.1. The predicted molar refractivity (Wildman–Crippen MR) is 69.8 cm³/mol. The van der Waals surface area contributed by atoms with E-state index in [9.17, 15) is 9.18 Å². The Morgan fingerprint density at radius 1 is 1.26 bits per heavy atom. The van der Waals surface area contributed by atoms with Crippen molar-refractivity contribution < 1.29 is 9.18 Å². The van der Waals surface area contributed by atoms with E-state index in [1.807, 2.05) is 10.5 Å². The largest absolute Gasteiger partial charge is 0.303 e. The number of imidazole rings is 1. The third-order valence-electron chi connectivity index (χ3n) is 3.02. The molecule has 0 atom stereocenters. The fraction of sp³-hybridized carbons (Fsp3) is 0.0667. The van der Waals surface area contributed by atoms with Crippen LogP contribution in [0, 0.1) is 5.82 Å². The van der Waals surface area contributed by atoms with Crippen LogP contribution < -0.4 is 0 Å².